The van der Waals surface area contributed by atoms with E-state index in [0.717, 1.165) is 0 Å². The van der Waals surface area contributed by atoms with Crippen molar-refractivity contribution in [1.82, 2.24) is 9.97 Å². The monoisotopic (exact) mass is 389 g/mol. The second kappa shape index (κ2) is 7.59. The third-order valence-electron chi connectivity index (χ3n) is 3.55. The molecule has 0 aliphatic rings. The van der Waals surface area contributed by atoms with Gasteiger partial charge in [-0.3, -0.25) is 4.79 Å². The van der Waals surface area contributed by atoms with Crippen LogP contribution in [0.4, 0.5) is 5.69 Å². The van der Waals surface area contributed by atoms with E-state index in [0.29, 0.717) is 27.7 Å². The van der Waals surface area contributed by atoms with Gasteiger partial charge in [-0.15, -0.1) is 0 Å². The number of amides is 1. The maximum atomic E-state index is 12.5. The lowest BCUT2D eigenvalue weighted by Crippen LogP contribution is -2.21. The lowest BCUT2D eigenvalue weighted by atomic mass is 10.1. The van der Waals surface area contributed by atoms with Crippen LogP contribution in [0.3, 0.4) is 0 Å². The summed E-state index contributed by atoms with van der Waals surface area (Å²) < 4.78 is 5.10. The number of halogens is 2. The molecule has 0 aliphatic heterocycles. The number of anilines is 1. The van der Waals surface area contributed by atoms with Crippen molar-refractivity contribution in [3.8, 4) is 17.0 Å². The first-order chi connectivity index (χ1) is 12.5. The van der Waals surface area contributed by atoms with E-state index in [1.807, 2.05) is 0 Å². The number of hydrogen-bond acceptors (Lipinski definition) is 4. The van der Waals surface area contributed by atoms with Crippen LogP contribution in [0, 0.1) is 0 Å². The molecule has 0 saturated heterocycles. The molecule has 3 aromatic rings. The molecule has 1 amide bonds. The van der Waals surface area contributed by atoms with Crippen LogP contribution in [0.1, 0.15) is 10.5 Å². The van der Waals surface area contributed by atoms with Crippen LogP contribution in [0.25, 0.3) is 11.3 Å². The number of nitrogens with zero attached hydrogens (tertiary/aromatic N) is 1. The van der Waals surface area contributed by atoms with E-state index >= 15 is 0 Å². The summed E-state index contributed by atoms with van der Waals surface area (Å²) in [5.41, 5.74) is 0.844. The molecular formula is C18H13Cl2N3O3. The number of carbonyl (C=O) groups excluding carboxylic acids is 1. The van der Waals surface area contributed by atoms with Crippen LogP contribution in [0.2, 0.25) is 10.0 Å². The third kappa shape index (κ3) is 4.04. The van der Waals surface area contributed by atoms with E-state index < -0.39 is 11.6 Å². The highest BCUT2D eigenvalue weighted by molar-refractivity contribution is 6.36. The molecule has 2 N–H and O–H groups in total. The number of aromatic amines is 1. The van der Waals surface area contributed by atoms with Crippen molar-refractivity contribution >= 4 is 34.8 Å². The number of benzene rings is 2. The van der Waals surface area contributed by atoms with Crippen LogP contribution < -0.4 is 15.7 Å². The predicted octanol–water partition coefficient (Wildman–Crippen LogP) is 4.00. The van der Waals surface area contributed by atoms with Crippen molar-refractivity contribution in [3.63, 3.8) is 0 Å². The molecule has 1 heterocycles. The minimum Gasteiger partial charge on any atom is -0.497 e. The van der Waals surface area contributed by atoms with E-state index in [1.54, 1.807) is 43.5 Å². The van der Waals surface area contributed by atoms with Crippen molar-refractivity contribution in [2.24, 2.45) is 0 Å². The number of rotatable bonds is 4. The van der Waals surface area contributed by atoms with Crippen LogP contribution in [0.15, 0.2) is 53.3 Å². The molecule has 0 spiro atoms. The van der Waals surface area contributed by atoms with Gasteiger partial charge >= 0.3 is 5.69 Å². The summed E-state index contributed by atoms with van der Waals surface area (Å²) >= 11 is 11.9. The van der Waals surface area contributed by atoms with Gasteiger partial charge in [0.25, 0.3) is 5.91 Å². The van der Waals surface area contributed by atoms with Gasteiger partial charge in [-0.2, -0.15) is 4.98 Å². The quantitative estimate of drug-likeness (QED) is 0.705. The molecule has 0 atom stereocenters. The maximum Gasteiger partial charge on any atom is 0.346 e. The van der Waals surface area contributed by atoms with Gasteiger partial charge in [-0.1, -0.05) is 23.2 Å². The Morgan fingerprint density at radius 3 is 2.50 bits per heavy atom. The lowest BCUT2D eigenvalue weighted by molar-refractivity contribution is 0.102. The van der Waals surface area contributed by atoms with E-state index in [-0.39, 0.29) is 10.7 Å². The zero-order valence-electron chi connectivity index (χ0n) is 13.5. The number of aromatic nitrogens is 2. The van der Waals surface area contributed by atoms with Crippen molar-refractivity contribution < 1.29 is 9.53 Å². The summed E-state index contributed by atoms with van der Waals surface area (Å²) in [6, 6.07) is 13.2. The lowest BCUT2D eigenvalue weighted by Gasteiger charge is -2.08. The highest BCUT2D eigenvalue weighted by Crippen LogP contribution is 2.26. The van der Waals surface area contributed by atoms with Crippen LogP contribution in [0.5, 0.6) is 5.75 Å². The zero-order chi connectivity index (χ0) is 18.7. The number of carbonyl (C=O) groups is 1. The molecule has 0 saturated carbocycles. The highest BCUT2D eigenvalue weighted by Gasteiger charge is 2.13. The van der Waals surface area contributed by atoms with E-state index in [1.165, 1.54) is 12.1 Å². The average molecular weight is 390 g/mol. The Kier molecular flexibility index (Phi) is 5.25. The summed E-state index contributed by atoms with van der Waals surface area (Å²) in [6.07, 6.45) is 0. The number of nitrogens with one attached hydrogen (secondary N) is 2. The van der Waals surface area contributed by atoms with Crippen molar-refractivity contribution in [1.29, 1.82) is 0 Å². The molecule has 6 nitrogen and oxygen atoms in total. The molecule has 0 fully saturated rings. The Balaban J connectivity index is 1.91. The van der Waals surface area contributed by atoms with Crippen LogP contribution in [-0.4, -0.2) is 23.0 Å². The first-order valence-electron chi connectivity index (χ1n) is 7.48. The molecule has 26 heavy (non-hydrogen) atoms. The minimum absolute atomic E-state index is 0.0573. The molecule has 3 rings (SSSR count). The average Bonchev–Trinajstić information content (AvgIpc) is 2.63. The normalized spacial score (nSPS) is 10.4. The van der Waals surface area contributed by atoms with Gasteiger partial charge in [0.2, 0.25) is 0 Å². The van der Waals surface area contributed by atoms with Gasteiger partial charge in [-0.25, -0.2) is 4.79 Å². The molecule has 0 bridgehead atoms. The SMILES string of the molecule is COc1ccc(-c2cc(C(=O)Nc3ccc(Cl)cc3Cl)[nH]c(=O)n2)cc1. The fourth-order valence-corrected chi connectivity index (χ4v) is 2.73. The van der Waals surface area contributed by atoms with Gasteiger partial charge in [0.05, 0.1) is 23.5 Å². The molecule has 0 radical (unpaired) electrons. The molecule has 132 valence electrons. The Morgan fingerprint density at radius 1 is 1.12 bits per heavy atom. The molecule has 8 heteroatoms. The number of methoxy groups -OCH3 is 1. The van der Waals surface area contributed by atoms with Gasteiger partial charge in [0.1, 0.15) is 11.4 Å². The summed E-state index contributed by atoms with van der Waals surface area (Å²) in [6.45, 7) is 0. The van der Waals surface area contributed by atoms with E-state index in [4.69, 9.17) is 27.9 Å². The maximum absolute atomic E-state index is 12.5. The molecule has 0 aliphatic carbocycles. The fraction of sp³-hybridized carbons (Fsp3) is 0.0556. The zero-order valence-corrected chi connectivity index (χ0v) is 15.1. The Labute approximate surface area is 158 Å². The topological polar surface area (TPSA) is 84.1 Å². The van der Waals surface area contributed by atoms with Crippen molar-refractivity contribution in [2.75, 3.05) is 12.4 Å². The van der Waals surface area contributed by atoms with Gasteiger partial charge in [0, 0.05) is 10.6 Å². The minimum atomic E-state index is -0.634. The van der Waals surface area contributed by atoms with E-state index in [2.05, 4.69) is 15.3 Å². The highest BCUT2D eigenvalue weighted by atomic mass is 35.5. The van der Waals surface area contributed by atoms with Crippen molar-refractivity contribution in [2.45, 2.75) is 0 Å². The smallest absolute Gasteiger partial charge is 0.346 e. The second-order valence-electron chi connectivity index (χ2n) is 5.29. The van der Waals surface area contributed by atoms with Gasteiger partial charge in [-0.05, 0) is 48.5 Å². The summed E-state index contributed by atoms with van der Waals surface area (Å²) in [4.78, 5) is 30.6. The Hall–Kier alpha value is -2.83. The van der Waals surface area contributed by atoms with Gasteiger partial charge in [0.15, 0.2) is 0 Å². The largest absolute Gasteiger partial charge is 0.497 e. The second-order valence-corrected chi connectivity index (χ2v) is 6.14. The van der Waals surface area contributed by atoms with Crippen LogP contribution >= 0.6 is 23.2 Å². The first-order valence-corrected chi connectivity index (χ1v) is 8.24. The molecule has 0 unspecified atom stereocenters. The fourth-order valence-electron chi connectivity index (χ4n) is 2.27. The Bertz CT molecular complexity index is 1020. The standard InChI is InChI=1S/C18H13Cl2N3O3/c1-26-12-5-2-10(3-6-12)15-9-16(23-18(25)22-15)17(24)21-14-7-4-11(19)8-13(14)20/h2-9H,1H3,(H,21,24)(H,22,23,25). The number of hydrogen-bond donors (Lipinski definition) is 2. The Morgan fingerprint density at radius 2 is 1.85 bits per heavy atom. The van der Waals surface area contributed by atoms with Crippen molar-refractivity contribution in [3.05, 3.63) is 74.8 Å². The third-order valence-corrected chi connectivity index (χ3v) is 4.10. The molecule has 2 aromatic carbocycles. The number of ether oxygens (including phenoxy) is 1. The molecule has 1 aromatic heterocycles. The summed E-state index contributed by atoms with van der Waals surface area (Å²) in [7, 11) is 1.56. The first kappa shape index (κ1) is 18.0. The summed E-state index contributed by atoms with van der Waals surface area (Å²) in [5, 5.41) is 3.37. The van der Waals surface area contributed by atoms with Gasteiger partial charge < -0.3 is 15.0 Å². The summed E-state index contributed by atoms with van der Waals surface area (Å²) in [5.74, 6) is 0.150. The number of H-pyrrole nitrogens is 1. The van der Waals surface area contributed by atoms with E-state index in [9.17, 15) is 9.59 Å². The molecular weight excluding hydrogens is 377 g/mol. The predicted molar refractivity (Wildman–Crippen MR) is 101 cm³/mol. The van der Waals surface area contributed by atoms with Crippen LogP contribution in [-0.2, 0) is 0 Å².